The number of ether oxygens (including phenoxy) is 1. The lowest BCUT2D eigenvalue weighted by molar-refractivity contribution is 0.0474. The van der Waals surface area contributed by atoms with Crippen molar-refractivity contribution in [2.45, 2.75) is 20.8 Å². The maximum Gasteiger partial charge on any atom is 0.340 e. The lowest BCUT2D eigenvalue weighted by Crippen LogP contribution is -2.15. The maximum absolute atomic E-state index is 12.1. The molecule has 0 unspecified atom stereocenters. The third kappa shape index (κ3) is 3.18. The molecule has 0 saturated carbocycles. The normalized spacial score (nSPS) is 10.5. The first-order chi connectivity index (χ1) is 9.90. The fraction of sp³-hybridized carbons (Fsp3) is 0.312. The van der Waals surface area contributed by atoms with Crippen LogP contribution in [0, 0.1) is 20.8 Å². The van der Waals surface area contributed by atoms with Crippen LogP contribution in [0.15, 0.2) is 24.4 Å². The van der Waals surface area contributed by atoms with Gasteiger partial charge in [-0.05, 0) is 39.0 Å². The molecule has 110 valence electrons. The molecule has 5 nitrogen and oxygen atoms in total. The molecule has 0 radical (unpaired) electrons. The van der Waals surface area contributed by atoms with E-state index in [-0.39, 0.29) is 12.4 Å². The van der Waals surface area contributed by atoms with Gasteiger partial charge >= 0.3 is 5.97 Å². The molecule has 0 fully saturated rings. The first-order valence-corrected chi connectivity index (χ1v) is 6.66. The molecule has 2 rings (SSSR count). The first kappa shape index (κ1) is 15.0. The number of hydrogen-bond acceptors (Lipinski definition) is 4. The van der Waals surface area contributed by atoms with E-state index in [9.17, 15) is 9.59 Å². The van der Waals surface area contributed by atoms with Crippen molar-refractivity contribution in [2.24, 2.45) is 7.05 Å². The number of hydrogen-bond donors (Lipinski definition) is 0. The van der Waals surface area contributed by atoms with Gasteiger partial charge in [0.25, 0.3) is 0 Å². The number of aromatic nitrogens is 2. The second kappa shape index (κ2) is 5.91. The van der Waals surface area contributed by atoms with Gasteiger partial charge in [0.1, 0.15) is 0 Å². The van der Waals surface area contributed by atoms with E-state index in [1.165, 1.54) is 6.20 Å². The predicted octanol–water partition coefficient (Wildman–Crippen LogP) is 2.39. The summed E-state index contributed by atoms with van der Waals surface area (Å²) in [7, 11) is 1.89. The van der Waals surface area contributed by atoms with Gasteiger partial charge in [0.05, 0.1) is 5.56 Å². The molecule has 0 saturated heterocycles. The van der Waals surface area contributed by atoms with E-state index in [4.69, 9.17) is 4.74 Å². The SMILES string of the molecule is Cc1ccc(C(=O)OCC(=O)c2cc(C)n(C)c2C)cn1. The van der Waals surface area contributed by atoms with Crippen molar-refractivity contribution >= 4 is 11.8 Å². The second-order valence-corrected chi connectivity index (χ2v) is 5.03. The number of rotatable bonds is 4. The Hall–Kier alpha value is -2.43. The summed E-state index contributed by atoms with van der Waals surface area (Å²) in [5.41, 5.74) is 3.60. The van der Waals surface area contributed by atoms with Crippen LogP contribution in [0.25, 0.3) is 0 Å². The number of ketones is 1. The molecular formula is C16H18N2O3. The standard InChI is InChI=1S/C16H18N2O3/c1-10-5-6-13(8-17-10)16(20)21-9-15(19)14-7-11(2)18(4)12(14)3/h5-8H,9H2,1-4H3. The molecule has 0 N–H and O–H groups in total. The summed E-state index contributed by atoms with van der Waals surface area (Å²) in [4.78, 5) is 28.0. The van der Waals surface area contributed by atoms with Gasteiger partial charge in [-0.25, -0.2) is 4.79 Å². The van der Waals surface area contributed by atoms with Gasteiger partial charge in [0, 0.05) is 35.9 Å². The summed E-state index contributed by atoms with van der Waals surface area (Å²) in [6.07, 6.45) is 1.44. The minimum atomic E-state index is -0.541. The Morgan fingerprint density at radius 2 is 1.95 bits per heavy atom. The first-order valence-electron chi connectivity index (χ1n) is 6.66. The molecule has 5 heteroatoms. The van der Waals surface area contributed by atoms with E-state index in [0.717, 1.165) is 17.1 Å². The van der Waals surface area contributed by atoms with Gasteiger partial charge < -0.3 is 9.30 Å². The fourth-order valence-electron chi connectivity index (χ4n) is 2.02. The lowest BCUT2D eigenvalue weighted by Gasteiger charge is -2.05. The van der Waals surface area contributed by atoms with Crippen molar-refractivity contribution < 1.29 is 14.3 Å². The van der Waals surface area contributed by atoms with Crippen LogP contribution in [-0.4, -0.2) is 27.9 Å². The average Bonchev–Trinajstić information content (AvgIpc) is 2.73. The molecule has 0 aliphatic rings. The van der Waals surface area contributed by atoms with Crippen LogP contribution in [0.4, 0.5) is 0 Å². The van der Waals surface area contributed by atoms with Crippen LogP contribution in [0.2, 0.25) is 0 Å². The lowest BCUT2D eigenvalue weighted by atomic mass is 10.1. The van der Waals surface area contributed by atoms with Crippen LogP contribution in [-0.2, 0) is 11.8 Å². The van der Waals surface area contributed by atoms with Gasteiger partial charge in [0.15, 0.2) is 6.61 Å². The summed E-state index contributed by atoms with van der Waals surface area (Å²) in [6, 6.07) is 5.16. The highest BCUT2D eigenvalue weighted by atomic mass is 16.5. The Balaban J connectivity index is 2.02. The predicted molar refractivity (Wildman–Crippen MR) is 78.5 cm³/mol. The molecule has 2 heterocycles. The van der Waals surface area contributed by atoms with Gasteiger partial charge in [-0.1, -0.05) is 0 Å². The zero-order chi connectivity index (χ0) is 15.6. The van der Waals surface area contributed by atoms with Gasteiger partial charge in [0.2, 0.25) is 5.78 Å². The number of esters is 1. The quantitative estimate of drug-likeness (QED) is 0.639. The second-order valence-electron chi connectivity index (χ2n) is 5.03. The highest BCUT2D eigenvalue weighted by Crippen LogP contribution is 2.14. The smallest absolute Gasteiger partial charge is 0.340 e. The van der Waals surface area contributed by atoms with E-state index in [2.05, 4.69) is 4.98 Å². The van der Waals surface area contributed by atoms with Crippen molar-refractivity contribution in [3.8, 4) is 0 Å². The number of carbonyl (C=O) groups is 2. The van der Waals surface area contributed by atoms with E-state index in [1.807, 2.05) is 32.4 Å². The Labute approximate surface area is 123 Å². The highest BCUT2D eigenvalue weighted by Gasteiger charge is 2.16. The average molecular weight is 286 g/mol. The fourth-order valence-corrected chi connectivity index (χ4v) is 2.02. The highest BCUT2D eigenvalue weighted by molar-refractivity contribution is 6.00. The zero-order valence-electron chi connectivity index (χ0n) is 12.6. The zero-order valence-corrected chi connectivity index (χ0v) is 12.6. The van der Waals surface area contributed by atoms with E-state index in [1.54, 1.807) is 18.2 Å². The molecule has 0 spiro atoms. The van der Waals surface area contributed by atoms with Crippen molar-refractivity contribution in [1.82, 2.24) is 9.55 Å². The van der Waals surface area contributed by atoms with Crippen LogP contribution in [0.3, 0.4) is 0 Å². The van der Waals surface area contributed by atoms with Crippen LogP contribution < -0.4 is 0 Å². The van der Waals surface area contributed by atoms with Crippen molar-refractivity contribution in [3.63, 3.8) is 0 Å². The molecule has 0 aromatic carbocycles. The van der Waals surface area contributed by atoms with E-state index < -0.39 is 5.97 Å². The van der Waals surface area contributed by atoms with Gasteiger partial charge in [-0.2, -0.15) is 0 Å². The molecule has 2 aromatic heterocycles. The van der Waals surface area contributed by atoms with Crippen molar-refractivity contribution in [3.05, 3.63) is 52.6 Å². The Morgan fingerprint density at radius 3 is 2.48 bits per heavy atom. The third-order valence-corrected chi connectivity index (χ3v) is 3.56. The topological polar surface area (TPSA) is 61.2 Å². The van der Waals surface area contributed by atoms with Crippen molar-refractivity contribution in [1.29, 1.82) is 0 Å². The summed E-state index contributed by atoms with van der Waals surface area (Å²) >= 11 is 0. The van der Waals surface area contributed by atoms with Gasteiger partial charge in [-0.3, -0.25) is 9.78 Å². The molecule has 0 aliphatic heterocycles. The molecular weight excluding hydrogens is 268 g/mol. The van der Waals surface area contributed by atoms with Crippen LogP contribution in [0.5, 0.6) is 0 Å². The Morgan fingerprint density at radius 1 is 1.24 bits per heavy atom. The molecule has 2 aromatic rings. The monoisotopic (exact) mass is 286 g/mol. The summed E-state index contributed by atoms with van der Waals surface area (Å²) in [5, 5.41) is 0. The number of pyridine rings is 1. The van der Waals surface area contributed by atoms with Crippen molar-refractivity contribution in [2.75, 3.05) is 6.61 Å². The Kier molecular flexibility index (Phi) is 4.21. The van der Waals surface area contributed by atoms with E-state index in [0.29, 0.717) is 11.1 Å². The van der Waals surface area contributed by atoms with Gasteiger partial charge in [-0.15, -0.1) is 0 Å². The molecule has 0 aliphatic carbocycles. The minimum absolute atomic E-state index is 0.204. The maximum atomic E-state index is 12.1. The van der Waals surface area contributed by atoms with Crippen LogP contribution >= 0.6 is 0 Å². The molecule has 21 heavy (non-hydrogen) atoms. The molecule has 0 atom stereocenters. The number of carbonyl (C=O) groups excluding carboxylic acids is 2. The minimum Gasteiger partial charge on any atom is -0.454 e. The largest absolute Gasteiger partial charge is 0.454 e. The summed E-state index contributed by atoms with van der Waals surface area (Å²) in [6.45, 7) is 5.36. The Bertz CT molecular complexity index is 684. The number of Topliss-reactive ketones (excluding diaryl/α,β-unsaturated/α-hetero) is 1. The molecule has 0 amide bonds. The third-order valence-electron chi connectivity index (χ3n) is 3.56. The number of aryl methyl sites for hydroxylation is 2. The number of nitrogens with zero attached hydrogens (tertiary/aromatic N) is 2. The molecule has 0 bridgehead atoms. The van der Waals surface area contributed by atoms with E-state index >= 15 is 0 Å². The summed E-state index contributed by atoms with van der Waals surface area (Å²) < 4.78 is 6.98. The van der Waals surface area contributed by atoms with Crippen LogP contribution in [0.1, 0.15) is 37.8 Å². The summed E-state index contributed by atoms with van der Waals surface area (Å²) in [5.74, 6) is -0.745.